The van der Waals surface area contributed by atoms with Gasteiger partial charge in [0.15, 0.2) is 5.01 Å². The number of carbonyl (C=O) groups excluding carboxylic acids is 4. The first-order valence-corrected chi connectivity index (χ1v) is 27.8. The van der Waals surface area contributed by atoms with Gasteiger partial charge in [-0.15, -0.1) is 21.5 Å². The lowest BCUT2D eigenvalue weighted by molar-refractivity contribution is -0.134. The van der Waals surface area contributed by atoms with E-state index in [0.717, 1.165) is 60.0 Å². The molecule has 21 nitrogen and oxygen atoms in total. The standard InChI is InChI=1S/C55H67N13O8S2/c1-34(2)60-43-28-44(45-13-12-40-26-37(29-56)30-59-68(40)45)57-31-42(43)52-63-64-54(78-52)66-18-16-65(17-19-66)48(71)15-21-75-23-25-76-24-22-74-20-14-47(70)62-50(55(5,6)7)53(73)67-32-41(69)27-46(67)51(72)61-35(3)38-8-10-39(11-9-38)49-36(4)58-33-77-49/h8-13,26,28,30-31,33-35,41,46,69H,14-25,27,32H2,1-7H3,(H,57,60)(H,61,72)/t35-,41+,46-/m0/s1. The number of carbonyl (C=O) groups is 4. The van der Waals surface area contributed by atoms with E-state index >= 15 is 0 Å². The third-order valence-corrected chi connectivity index (χ3v) is 15.2. The number of aliphatic imine (C=N–C) groups is 1. The minimum atomic E-state index is -0.942. The number of hydrogen-bond donors (Lipinski definition) is 3. The lowest BCUT2D eigenvalue weighted by atomic mass is 9.88. The molecule has 7 heterocycles. The molecule has 3 atom stereocenters. The predicted octanol–water partition coefficient (Wildman–Crippen LogP) is 6.37. The molecule has 5 aromatic heterocycles. The predicted molar refractivity (Wildman–Crippen MR) is 298 cm³/mol. The second-order valence-corrected chi connectivity index (χ2v) is 22.3. The van der Waals surface area contributed by atoms with Crippen molar-refractivity contribution >= 4 is 68.3 Å². The summed E-state index contributed by atoms with van der Waals surface area (Å²) in [4.78, 5) is 73.5. The van der Waals surface area contributed by atoms with E-state index in [1.165, 1.54) is 22.4 Å². The van der Waals surface area contributed by atoms with Gasteiger partial charge in [-0.05, 0) is 63.1 Å². The number of rotatable bonds is 22. The Morgan fingerprint density at radius 3 is 2.27 bits per heavy atom. The summed E-state index contributed by atoms with van der Waals surface area (Å²) in [6.07, 6.45) is 2.66. The van der Waals surface area contributed by atoms with Crippen molar-refractivity contribution < 1.29 is 38.5 Å². The maximum absolute atomic E-state index is 14.0. The Hall–Kier alpha value is -7.07. The molecule has 8 rings (SSSR count). The zero-order valence-electron chi connectivity index (χ0n) is 45.1. The molecule has 2 fully saturated rings. The number of β-amino-alcohol motifs (C(OH)–C–C–N with tert-alkyl or cyclic N) is 1. The molecule has 78 heavy (non-hydrogen) atoms. The number of pyridine rings is 1. The number of aromatic nitrogens is 6. The number of aryl methyl sites for hydroxylation is 1. The average molecular weight is 1100 g/mol. The van der Waals surface area contributed by atoms with Gasteiger partial charge in [0.1, 0.15) is 17.8 Å². The van der Waals surface area contributed by atoms with Gasteiger partial charge in [-0.1, -0.05) is 56.4 Å². The molecule has 0 saturated carbocycles. The van der Waals surface area contributed by atoms with E-state index in [4.69, 9.17) is 19.2 Å². The summed E-state index contributed by atoms with van der Waals surface area (Å²) < 4.78 is 18.7. The molecule has 23 heteroatoms. The molecule has 0 spiro atoms. The fourth-order valence-electron chi connectivity index (χ4n) is 9.10. The summed E-state index contributed by atoms with van der Waals surface area (Å²) in [6, 6.07) is 16.5. The highest BCUT2D eigenvalue weighted by Crippen LogP contribution is 2.36. The van der Waals surface area contributed by atoms with E-state index in [0.29, 0.717) is 45.0 Å². The molecule has 0 unspecified atom stereocenters. The molecule has 412 valence electrons. The topological polar surface area (TPSA) is 255 Å². The number of anilines is 2. The van der Waals surface area contributed by atoms with E-state index in [9.17, 15) is 29.5 Å². The van der Waals surface area contributed by atoms with Crippen LogP contribution < -0.4 is 15.5 Å². The number of benzene rings is 1. The second kappa shape index (κ2) is 26.1. The van der Waals surface area contributed by atoms with Crippen molar-refractivity contribution in [3.05, 3.63) is 83.3 Å². The number of nitriles is 1. The van der Waals surface area contributed by atoms with Crippen LogP contribution in [-0.2, 0) is 33.4 Å². The van der Waals surface area contributed by atoms with E-state index in [1.807, 2.05) is 66.7 Å². The van der Waals surface area contributed by atoms with Crippen molar-refractivity contribution in [2.24, 2.45) is 10.4 Å². The van der Waals surface area contributed by atoms with Gasteiger partial charge in [0.2, 0.25) is 22.9 Å². The number of aliphatic hydroxyl groups excluding tert-OH is 1. The number of nitrogens with zero attached hydrogens (tertiary/aromatic N) is 11. The number of ether oxygens (including phenoxy) is 3. The molecule has 0 bridgehead atoms. The average Bonchev–Trinajstić information content (AvgIpc) is 4.26. The fourth-order valence-corrected chi connectivity index (χ4v) is 10.8. The highest BCUT2D eigenvalue weighted by atomic mass is 32.1. The zero-order valence-corrected chi connectivity index (χ0v) is 46.7. The molecule has 2 saturated heterocycles. The van der Waals surface area contributed by atoms with Gasteiger partial charge < -0.3 is 44.7 Å². The van der Waals surface area contributed by atoms with Crippen LogP contribution in [0.5, 0.6) is 0 Å². The van der Waals surface area contributed by atoms with Gasteiger partial charge in [-0.3, -0.25) is 24.2 Å². The monoisotopic (exact) mass is 1100 g/mol. The van der Waals surface area contributed by atoms with Gasteiger partial charge >= 0.3 is 0 Å². The van der Waals surface area contributed by atoms with Gasteiger partial charge in [-0.2, -0.15) is 10.4 Å². The molecule has 0 aliphatic carbocycles. The maximum atomic E-state index is 14.0. The van der Waals surface area contributed by atoms with E-state index < -0.39 is 35.3 Å². The third kappa shape index (κ3) is 14.3. The van der Waals surface area contributed by atoms with Crippen LogP contribution in [0.4, 0.5) is 10.8 Å². The fraction of sp³-hybridized carbons (Fsp3) is 0.473. The van der Waals surface area contributed by atoms with E-state index in [1.54, 1.807) is 48.9 Å². The molecule has 3 N–H and O–H groups in total. The summed E-state index contributed by atoms with van der Waals surface area (Å²) in [6.45, 7) is 16.9. The molecule has 4 amide bonds. The number of amides is 4. The van der Waals surface area contributed by atoms with Gasteiger partial charge in [0.25, 0.3) is 5.91 Å². The van der Waals surface area contributed by atoms with Gasteiger partial charge in [-0.25, -0.2) is 14.5 Å². The molecule has 1 aromatic carbocycles. The SMILES string of the molecule is Cc1ncsc1-c1ccc([C@H](C)NC(=O)[C@@H]2C[C@@H](O)CN2C(=O)C(=NC(=O)CCOCCOCCOCCC(=O)N2CCN(c3nnc(-c4cnc(-c5ccc6cc(C#N)cnn56)cc4NC(C)C)s3)CC2)C(C)(C)C)cc1. The van der Waals surface area contributed by atoms with Crippen molar-refractivity contribution in [1.82, 2.24) is 44.9 Å². The quantitative estimate of drug-likeness (QED) is 0.0493. The van der Waals surface area contributed by atoms with Crippen molar-refractivity contribution in [3.8, 4) is 38.5 Å². The molecular weight excluding hydrogens is 1030 g/mol. The largest absolute Gasteiger partial charge is 0.391 e. The summed E-state index contributed by atoms with van der Waals surface area (Å²) in [5.41, 5.74) is 8.35. The number of fused-ring (bicyclic) bond motifs is 1. The third-order valence-electron chi connectivity index (χ3n) is 13.2. The summed E-state index contributed by atoms with van der Waals surface area (Å²) >= 11 is 3.04. The van der Waals surface area contributed by atoms with Crippen LogP contribution in [0.15, 0.2) is 71.4 Å². The Balaban J connectivity index is 0.704. The number of likely N-dealkylation sites (tertiary alicyclic amines) is 1. The molecule has 2 aliphatic rings. The lowest BCUT2D eigenvalue weighted by Crippen LogP contribution is -2.50. The smallest absolute Gasteiger partial charge is 0.269 e. The highest BCUT2D eigenvalue weighted by Gasteiger charge is 2.43. The summed E-state index contributed by atoms with van der Waals surface area (Å²) in [5.74, 6) is -1.50. The Morgan fingerprint density at radius 2 is 1.60 bits per heavy atom. The normalized spacial score (nSPS) is 16.5. The van der Waals surface area contributed by atoms with Crippen LogP contribution in [0.1, 0.15) is 83.7 Å². The molecule has 2 aliphatic heterocycles. The van der Waals surface area contributed by atoms with Crippen LogP contribution >= 0.6 is 22.7 Å². The van der Waals surface area contributed by atoms with Crippen LogP contribution in [0.25, 0.3) is 37.9 Å². The second-order valence-electron chi connectivity index (χ2n) is 20.5. The zero-order chi connectivity index (χ0) is 55.5. The number of hydrogen-bond acceptors (Lipinski definition) is 18. The first kappa shape index (κ1) is 57.1. The number of thiazole rings is 1. The number of nitrogens with one attached hydrogen (secondary N) is 2. The Kier molecular flexibility index (Phi) is 19.1. The first-order chi connectivity index (χ1) is 37.5. The van der Waals surface area contributed by atoms with Crippen molar-refractivity contribution in [2.75, 3.05) is 82.6 Å². The highest BCUT2D eigenvalue weighted by molar-refractivity contribution is 7.18. The summed E-state index contributed by atoms with van der Waals surface area (Å²) in [7, 11) is 0. The Bertz CT molecular complexity index is 3130. The van der Waals surface area contributed by atoms with Crippen LogP contribution in [0.2, 0.25) is 0 Å². The number of aliphatic hydroxyl groups is 1. The van der Waals surface area contributed by atoms with E-state index in [2.05, 4.69) is 60.7 Å². The van der Waals surface area contributed by atoms with Crippen LogP contribution in [0, 0.1) is 23.7 Å². The van der Waals surface area contributed by atoms with E-state index in [-0.39, 0.29) is 75.9 Å². The summed E-state index contributed by atoms with van der Waals surface area (Å²) in [5, 5.41) is 41.5. The van der Waals surface area contributed by atoms with Crippen LogP contribution in [-0.4, -0.2) is 165 Å². The van der Waals surface area contributed by atoms with Gasteiger partial charge in [0, 0.05) is 62.5 Å². The van der Waals surface area contributed by atoms with Gasteiger partial charge in [0.05, 0.1) is 115 Å². The maximum Gasteiger partial charge on any atom is 0.269 e. The van der Waals surface area contributed by atoms with Crippen molar-refractivity contribution in [1.29, 1.82) is 5.26 Å². The minimum Gasteiger partial charge on any atom is -0.391 e. The van der Waals surface area contributed by atoms with Crippen LogP contribution in [0.3, 0.4) is 0 Å². The lowest BCUT2D eigenvalue weighted by Gasteiger charge is -2.34. The minimum absolute atomic E-state index is 0.000204. The van der Waals surface area contributed by atoms with Crippen molar-refractivity contribution in [2.45, 2.75) is 92.0 Å². The molecule has 6 aromatic rings. The molecule has 0 radical (unpaired) electrons. The Morgan fingerprint density at radius 1 is 0.897 bits per heavy atom. The number of piperazine rings is 1. The molecular formula is C55H67N13O8S2. The Labute approximate surface area is 461 Å². The first-order valence-electron chi connectivity index (χ1n) is 26.1. The van der Waals surface area contributed by atoms with Crippen molar-refractivity contribution in [3.63, 3.8) is 0 Å².